The van der Waals surface area contributed by atoms with Crippen LogP contribution < -0.4 is 11.1 Å². The monoisotopic (exact) mass is 254 g/mol. The van der Waals surface area contributed by atoms with Crippen LogP contribution in [-0.4, -0.2) is 23.5 Å². The molecule has 5 nitrogen and oxygen atoms in total. The van der Waals surface area contributed by atoms with Gasteiger partial charge in [-0.05, 0) is 24.6 Å². The summed E-state index contributed by atoms with van der Waals surface area (Å²) in [6.07, 6.45) is 0.381. The zero-order valence-electron chi connectivity index (χ0n) is 9.94. The Kier molecular flexibility index (Phi) is 4.65. The fourth-order valence-electron chi connectivity index (χ4n) is 1.36. The molecule has 0 saturated carbocycles. The van der Waals surface area contributed by atoms with E-state index in [1.807, 2.05) is 0 Å². The predicted octanol–water partition coefficient (Wildman–Crippen LogP) is 1.45. The molecule has 18 heavy (non-hydrogen) atoms. The van der Waals surface area contributed by atoms with Crippen LogP contribution in [-0.2, 0) is 4.79 Å². The lowest BCUT2D eigenvalue weighted by molar-refractivity contribution is -0.141. The summed E-state index contributed by atoms with van der Waals surface area (Å²) in [6.45, 7) is 1.91. The number of carboxylic acids is 1. The van der Waals surface area contributed by atoms with E-state index in [9.17, 15) is 14.0 Å². The summed E-state index contributed by atoms with van der Waals surface area (Å²) in [6, 6.07) is 3.86. The molecule has 1 rings (SSSR count). The number of rotatable bonds is 6. The second kappa shape index (κ2) is 6.00. The van der Waals surface area contributed by atoms with Crippen molar-refractivity contribution in [1.29, 1.82) is 0 Å². The van der Waals surface area contributed by atoms with Crippen LogP contribution in [0.1, 0.15) is 23.7 Å². The lowest BCUT2D eigenvalue weighted by Crippen LogP contribution is -2.15. The highest BCUT2D eigenvalue weighted by Gasteiger charge is 2.11. The van der Waals surface area contributed by atoms with Crippen molar-refractivity contribution in [3.8, 4) is 0 Å². The van der Waals surface area contributed by atoms with Crippen molar-refractivity contribution in [2.24, 2.45) is 11.7 Å². The second-order valence-electron chi connectivity index (χ2n) is 4.01. The predicted molar refractivity (Wildman–Crippen MR) is 64.8 cm³/mol. The number of nitrogens with one attached hydrogen (secondary N) is 1. The standard InChI is InChI=1S/C12H15FN2O3/c1-7(12(17)18)4-5-15-10-3-2-8(11(14)16)6-9(10)13/h2-3,6-7,15H,4-5H2,1H3,(H2,14,16)(H,17,18). The zero-order valence-corrected chi connectivity index (χ0v) is 9.94. The molecule has 1 aromatic carbocycles. The quantitative estimate of drug-likeness (QED) is 0.716. The van der Waals surface area contributed by atoms with E-state index in [2.05, 4.69) is 5.32 Å². The van der Waals surface area contributed by atoms with Gasteiger partial charge in [-0.25, -0.2) is 4.39 Å². The largest absolute Gasteiger partial charge is 0.481 e. The van der Waals surface area contributed by atoms with Crippen molar-refractivity contribution in [2.75, 3.05) is 11.9 Å². The van der Waals surface area contributed by atoms with E-state index in [1.165, 1.54) is 12.1 Å². The number of carbonyl (C=O) groups is 2. The van der Waals surface area contributed by atoms with Gasteiger partial charge in [-0.2, -0.15) is 0 Å². The smallest absolute Gasteiger partial charge is 0.306 e. The van der Waals surface area contributed by atoms with Crippen LogP contribution in [0, 0.1) is 11.7 Å². The van der Waals surface area contributed by atoms with Gasteiger partial charge in [0.25, 0.3) is 0 Å². The third kappa shape index (κ3) is 3.73. The van der Waals surface area contributed by atoms with E-state index >= 15 is 0 Å². The van der Waals surface area contributed by atoms with E-state index in [1.54, 1.807) is 6.92 Å². The minimum absolute atomic E-state index is 0.0944. The van der Waals surface area contributed by atoms with Crippen molar-refractivity contribution in [2.45, 2.75) is 13.3 Å². The number of anilines is 1. The van der Waals surface area contributed by atoms with E-state index in [0.717, 1.165) is 6.07 Å². The summed E-state index contributed by atoms with van der Waals surface area (Å²) >= 11 is 0. The Balaban J connectivity index is 2.58. The Bertz CT molecular complexity index is 463. The first-order valence-electron chi connectivity index (χ1n) is 5.48. The van der Waals surface area contributed by atoms with E-state index in [0.29, 0.717) is 13.0 Å². The lowest BCUT2D eigenvalue weighted by atomic mass is 10.1. The van der Waals surface area contributed by atoms with Gasteiger partial charge in [-0.1, -0.05) is 6.92 Å². The van der Waals surface area contributed by atoms with Crippen LogP contribution in [0.4, 0.5) is 10.1 Å². The molecule has 0 spiro atoms. The highest BCUT2D eigenvalue weighted by atomic mass is 19.1. The van der Waals surface area contributed by atoms with Crippen molar-refractivity contribution < 1.29 is 19.1 Å². The number of primary amides is 1. The molecule has 0 aliphatic carbocycles. The Morgan fingerprint density at radius 1 is 1.50 bits per heavy atom. The maximum atomic E-state index is 13.5. The molecule has 0 bridgehead atoms. The number of halogens is 1. The van der Waals surface area contributed by atoms with Crippen LogP contribution in [0.3, 0.4) is 0 Å². The van der Waals surface area contributed by atoms with Crippen molar-refractivity contribution in [3.05, 3.63) is 29.6 Å². The van der Waals surface area contributed by atoms with Crippen LogP contribution >= 0.6 is 0 Å². The molecule has 0 aliphatic heterocycles. The third-order valence-electron chi connectivity index (χ3n) is 2.57. The average Bonchev–Trinajstić information content (AvgIpc) is 2.30. The average molecular weight is 254 g/mol. The first-order valence-corrected chi connectivity index (χ1v) is 5.48. The molecule has 1 aromatic rings. The minimum atomic E-state index is -0.888. The van der Waals surface area contributed by atoms with Gasteiger partial charge >= 0.3 is 5.97 Å². The highest BCUT2D eigenvalue weighted by Crippen LogP contribution is 2.16. The van der Waals surface area contributed by atoms with Crippen LogP contribution in [0.15, 0.2) is 18.2 Å². The number of carbonyl (C=O) groups excluding carboxylic acids is 1. The van der Waals surface area contributed by atoms with Gasteiger partial charge in [0.2, 0.25) is 5.91 Å². The summed E-state index contributed by atoms with van der Waals surface area (Å²) in [5, 5.41) is 11.5. The van der Waals surface area contributed by atoms with Crippen molar-refractivity contribution in [1.82, 2.24) is 0 Å². The first kappa shape index (κ1) is 14.0. The van der Waals surface area contributed by atoms with Gasteiger partial charge in [0.1, 0.15) is 5.82 Å². The Morgan fingerprint density at radius 3 is 2.67 bits per heavy atom. The number of aliphatic carboxylic acids is 1. The number of benzene rings is 1. The lowest BCUT2D eigenvalue weighted by Gasteiger charge is -2.10. The Labute approximate surface area is 104 Å². The second-order valence-corrected chi connectivity index (χ2v) is 4.01. The third-order valence-corrected chi connectivity index (χ3v) is 2.57. The number of nitrogens with two attached hydrogens (primary N) is 1. The molecule has 6 heteroatoms. The summed E-state index contributed by atoms with van der Waals surface area (Å²) in [5.74, 6) is -2.67. The van der Waals surface area contributed by atoms with Gasteiger partial charge in [-0.3, -0.25) is 9.59 Å². The van der Waals surface area contributed by atoms with E-state index in [4.69, 9.17) is 10.8 Å². The van der Waals surface area contributed by atoms with E-state index in [-0.39, 0.29) is 11.3 Å². The van der Waals surface area contributed by atoms with Gasteiger partial charge in [0, 0.05) is 12.1 Å². The van der Waals surface area contributed by atoms with Crippen molar-refractivity contribution >= 4 is 17.6 Å². The van der Waals surface area contributed by atoms with Crippen molar-refractivity contribution in [3.63, 3.8) is 0 Å². The number of hydrogen-bond donors (Lipinski definition) is 3. The molecule has 0 heterocycles. The fourth-order valence-corrected chi connectivity index (χ4v) is 1.36. The highest BCUT2D eigenvalue weighted by molar-refractivity contribution is 5.93. The SMILES string of the molecule is CC(CCNc1ccc(C(N)=O)cc1F)C(=O)O. The maximum absolute atomic E-state index is 13.5. The van der Waals surface area contributed by atoms with Gasteiger partial charge in [-0.15, -0.1) is 0 Å². The van der Waals surface area contributed by atoms with Gasteiger partial charge < -0.3 is 16.2 Å². The van der Waals surface area contributed by atoms with Crippen LogP contribution in [0.5, 0.6) is 0 Å². The molecule has 0 aromatic heterocycles. The molecule has 0 fully saturated rings. The molecule has 4 N–H and O–H groups in total. The summed E-state index contributed by atoms with van der Waals surface area (Å²) in [5.41, 5.74) is 5.33. The molecule has 98 valence electrons. The minimum Gasteiger partial charge on any atom is -0.481 e. The molecular formula is C12H15FN2O3. The number of amides is 1. The topological polar surface area (TPSA) is 92.4 Å². The number of carboxylic acid groups (broad SMARTS) is 1. The molecular weight excluding hydrogens is 239 g/mol. The molecule has 0 aliphatic rings. The maximum Gasteiger partial charge on any atom is 0.306 e. The summed E-state index contributed by atoms with van der Waals surface area (Å²) in [4.78, 5) is 21.4. The Hall–Kier alpha value is -2.11. The Morgan fingerprint density at radius 2 is 2.17 bits per heavy atom. The summed E-state index contributed by atoms with van der Waals surface area (Å²) in [7, 11) is 0. The first-order chi connectivity index (χ1) is 8.41. The molecule has 0 saturated heterocycles. The van der Waals surface area contributed by atoms with E-state index < -0.39 is 23.6 Å². The zero-order chi connectivity index (χ0) is 13.7. The van der Waals surface area contributed by atoms with Gasteiger partial charge in [0.15, 0.2) is 0 Å². The molecule has 1 amide bonds. The molecule has 1 unspecified atom stereocenters. The molecule has 1 atom stereocenters. The molecule has 0 radical (unpaired) electrons. The number of hydrogen-bond acceptors (Lipinski definition) is 3. The fraction of sp³-hybridized carbons (Fsp3) is 0.333. The van der Waals surface area contributed by atoms with Crippen LogP contribution in [0.25, 0.3) is 0 Å². The normalized spacial score (nSPS) is 11.9. The van der Waals surface area contributed by atoms with Crippen LogP contribution in [0.2, 0.25) is 0 Å². The summed E-state index contributed by atoms with van der Waals surface area (Å²) < 4.78 is 13.5. The van der Waals surface area contributed by atoms with Gasteiger partial charge in [0.05, 0.1) is 11.6 Å².